The van der Waals surface area contributed by atoms with Crippen molar-refractivity contribution in [3.63, 3.8) is 0 Å². The van der Waals surface area contributed by atoms with E-state index in [1.165, 1.54) is 13.2 Å². The number of carbonyl (C=O) groups excluding carboxylic acids is 1. The Morgan fingerprint density at radius 2 is 2.07 bits per heavy atom. The van der Waals surface area contributed by atoms with Crippen LogP contribution < -0.4 is 19.5 Å². The number of fused-ring (bicyclic) bond motifs is 1. The maximum Gasteiger partial charge on any atom is 0.252 e. The number of benzene rings is 2. The molecule has 1 N–H and O–H groups in total. The highest BCUT2D eigenvalue weighted by molar-refractivity contribution is 5.96. The number of amides is 1. The second-order valence-electron chi connectivity index (χ2n) is 6.53. The lowest BCUT2D eigenvalue weighted by Gasteiger charge is -2.23. The van der Waals surface area contributed by atoms with E-state index in [4.69, 9.17) is 14.2 Å². The van der Waals surface area contributed by atoms with Crippen LogP contribution in [0.3, 0.4) is 0 Å². The Labute approximate surface area is 167 Å². The lowest BCUT2D eigenvalue weighted by molar-refractivity contribution is 0.0938. The molecule has 2 heterocycles. The maximum absolute atomic E-state index is 14.5. The lowest BCUT2D eigenvalue weighted by Crippen LogP contribution is -2.32. The summed E-state index contributed by atoms with van der Waals surface area (Å²) in [5.74, 6) is 0.946. The summed E-state index contributed by atoms with van der Waals surface area (Å²) in [5.41, 5.74) is 0.626. The fourth-order valence-electron chi connectivity index (χ4n) is 3.26. The number of nitrogens with zero attached hydrogens (tertiary/aromatic N) is 2. The van der Waals surface area contributed by atoms with Gasteiger partial charge < -0.3 is 24.1 Å². The molecule has 1 amide bonds. The number of nitrogens with one attached hydrogen (secondary N) is 1. The molecule has 0 saturated carbocycles. The minimum Gasteiger partial charge on any atom is -0.493 e. The first-order valence-corrected chi connectivity index (χ1v) is 9.08. The van der Waals surface area contributed by atoms with Gasteiger partial charge in [0, 0.05) is 30.6 Å². The fraction of sp³-hybridized carbons (Fsp3) is 0.238. The smallest absolute Gasteiger partial charge is 0.252 e. The number of carbonyl (C=O) groups is 1. The monoisotopic (exact) mass is 397 g/mol. The Bertz CT molecular complexity index is 1030. The number of imidazole rings is 1. The van der Waals surface area contributed by atoms with Crippen LogP contribution in [0, 0.1) is 5.82 Å². The van der Waals surface area contributed by atoms with Gasteiger partial charge in [-0.1, -0.05) is 18.2 Å². The molecular weight excluding hydrogens is 377 g/mol. The third-order valence-electron chi connectivity index (χ3n) is 4.70. The molecule has 1 atom stereocenters. The van der Waals surface area contributed by atoms with Crippen LogP contribution in [0.15, 0.2) is 48.8 Å². The zero-order chi connectivity index (χ0) is 20.4. The first-order chi connectivity index (χ1) is 14.1. The third-order valence-corrected chi connectivity index (χ3v) is 4.70. The van der Waals surface area contributed by atoms with Gasteiger partial charge in [0.05, 0.1) is 7.11 Å². The lowest BCUT2D eigenvalue weighted by atomic mass is 10.0. The molecule has 0 spiro atoms. The molecular formula is C21H20FN3O4. The van der Waals surface area contributed by atoms with Gasteiger partial charge in [0.1, 0.15) is 30.9 Å². The van der Waals surface area contributed by atoms with Crippen molar-refractivity contribution in [1.82, 2.24) is 14.9 Å². The highest BCUT2D eigenvalue weighted by atomic mass is 19.1. The van der Waals surface area contributed by atoms with Crippen molar-refractivity contribution < 1.29 is 23.4 Å². The molecule has 150 valence electrons. The molecule has 0 saturated heterocycles. The molecule has 2 aromatic carbocycles. The Kier molecular flexibility index (Phi) is 5.07. The SMILES string of the molecule is COc1cc(C(=O)NC(c2ccccc2F)c2nccn2C)cc2c1OCCO2. The molecule has 1 aromatic heterocycles. The second kappa shape index (κ2) is 7.83. The highest BCUT2D eigenvalue weighted by Crippen LogP contribution is 2.40. The summed E-state index contributed by atoms with van der Waals surface area (Å²) in [6.07, 6.45) is 3.34. The van der Waals surface area contributed by atoms with Crippen molar-refractivity contribution in [1.29, 1.82) is 0 Å². The van der Waals surface area contributed by atoms with E-state index >= 15 is 0 Å². The second-order valence-corrected chi connectivity index (χ2v) is 6.53. The number of halogens is 1. The van der Waals surface area contributed by atoms with E-state index in [1.807, 2.05) is 0 Å². The van der Waals surface area contributed by atoms with Crippen LogP contribution >= 0.6 is 0 Å². The zero-order valence-corrected chi connectivity index (χ0v) is 16.0. The zero-order valence-electron chi connectivity index (χ0n) is 16.0. The number of hydrogen-bond acceptors (Lipinski definition) is 5. The van der Waals surface area contributed by atoms with Gasteiger partial charge in [-0.25, -0.2) is 9.37 Å². The molecule has 3 aromatic rings. The molecule has 1 aliphatic heterocycles. The van der Waals surface area contributed by atoms with E-state index < -0.39 is 17.8 Å². The first kappa shape index (κ1) is 18.8. The molecule has 1 unspecified atom stereocenters. The minimum atomic E-state index is -0.775. The fourth-order valence-corrected chi connectivity index (χ4v) is 3.26. The number of aromatic nitrogens is 2. The van der Waals surface area contributed by atoms with Crippen molar-refractivity contribution in [2.45, 2.75) is 6.04 Å². The summed E-state index contributed by atoms with van der Waals surface area (Å²) in [7, 11) is 3.28. The average Bonchev–Trinajstić information content (AvgIpc) is 3.17. The third kappa shape index (κ3) is 3.61. The molecule has 0 aliphatic carbocycles. The number of ether oxygens (including phenoxy) is 3. The number of aryl methyl sites for hydroxylation is 1. The summed E-state index contributed by atoms with van der Waals surface area (Å²) in [4.78, 5) is 17.4. The predicted molar refractivity (Wildman–Crippen MR) is 103 cm³/mol. The summed E-state index contributed by atoms with van der Waals surface area (Å²) in [5, 5.41) is 2.88. The number of rotatable bonds is 5. The average molecular weight is 397 g/mol. The Morgan fingerprint density at radius 3 is 2.79 bits per heavy atom. The molecule has 8 heteroatoms. The van der Waals surface area contributed by atoms with Crippen LogP contribution in [0.2, 0.25) is 0 Å². The van der Waals surface area contributed by atoms with Crippen molar-refractivity contribution in [2.24, 2.45) is 7.05 Å². The van der Waals surface area contributed by atoms with Crippen LogP contribution in [-0.4, -0.2) is 35.8 Å². The topological polar surface area (TPSA) is 74.6 Å². The standard InChI is InChI=1S/C21H20FN3O4/c1-25-8-7-23-20(25)18(14-5-3-4-6-15(14)22)24-21(26)13-11-16(27-2)19-17(12-13)28-9-10-29-19/h3-8,11-12,18H,9-10H2,1-2H3,(H,24,26). The van der Waals surface area contributed by atoms with E-state index in [1.54, 1.807) is 54.3 Å². The van der Waals surface area contributed by atoms with E-state index in [-0.39, 0.29) is 0 Å². The Balaban J connectivity index is 1.71. The van der Waals surface area contributed by atoms with Crippen molar-refractivity contribution in [3.05, 3.63) is 71.6 Å². The Hall–Kier alpha value is -3.55. The molecule has 0 bridgehead atoms. The minimum absolute atomic E-state index is 0.307. The van der Waals surface area contributed by atoms with Gasteiger partial charge in [0.2, 0.25) is 5.75 Å². The van der Waals surface area contributed by atoms with Gasteiger partial charge in [0.15, 0.2) is 11.5 Å². The quantitative estimate of drug-likeness (QED) is 0.717. The molecule has 7 nitrogen and oxygen atoms in total. The number of methoxy groups -OCH3 is 1. The Morgan fingerprint density at radius 1 is 1.28 bits per heavy atom. The largest absolute Gasteiger partial charge is 0.493 e. The molecule has 0 radical (unpaired) electrons. The predicted octanol–water partition coefficient (Wildman–Crippen LogP) is 2.86. The van der Waals surface area contributed by atoms with E-state index in [2.05, 4.69) is 10.3 Å². The molecule has 0 fully saturated rings. The molecule has 29 heavy (non-hydrogen) atoms. The normalized spacial score (nSPS) is 13.6. The van der Waals surface area contributed by atoms with Crippen LogP contribution in [-0.2, 0) is 7.05 Å². The van der Waals surface area contributed by atoms with Crippen molar-refractivity contribution in [2.75, 3.05) is 20.3 Å². The summed E-state index contributed by atoms with van der Waals surface area (Å²) < 4.78 is 32.8. The van der Waals surface area contributed by atoms with Gasteiger partial charge in [-0.05, 0) is 18.2 Å². The van der Waals surface area contributed by atoms with E-state index in [9.17, 15) is 9.18 Å². The first-order valence-electron chi connectivity index (χ1n) is 9.08. The van der Waals surface area contributed by atoms with Crippen LogP contribution in [0.25, 0.3) is 0 Å². The summed E-state index contributed by atoms with van der Waals surface area (Å²) in [6, 6.07) is 8.67. The van der Waals surface area contributed by atoms with Gasteiger partial charge in [-0.3, -0.25) is 4.79 Å². The van der Waals surface area contributed by atoms with Gasteiger partial charge in [0.25, 0.3) is 5.91 Å². The van der Waals surface area contributed by atoms with E-state index in [0.29, 0.717) is 47.4 Å². The highest BCUT2D eigenvalue weighted by Gasteiger charge is 2.26. The van der Waals surface area contributed by atoms with E-state index in [0.717, 1.165) is 0 Å². The molecule has 4 rings (SSSR count). The van der Waals surface area contributed by atoms with Gasteiger partial charge in [-0.15, -0.1) is 0 Å². The van der Waals surface area contributed by atoms with Crippen LogP contribution in [0.1, 0.15) is 27.8 Å². The van der Waals surface area contributed by atoms with Crippen molar-refractivity contribution >= 4 is 5.91 Å². The van der Waals surface area contributed by atoms with Crippen LogP contribution in [0.4, 0.5) is 4.39 Å². The molecule has 1 aliphatic rings. The van der Waals surface area contributed by atoms with Crippen LogP contribution in [0.5, 0.6) is 17.2 Å². The summed E-state index contributed by atoms with van der Waals surface area (Å²) in [6.45, 7) is 0.787. The number of hydrogen-bond donors (Lipinski definition) is 1. The van der Waals surface area contributed by atoms with Gasteiger partial charge in [-0.2, -0.15) is 0 Å². The van der Waals surface area contributed by atoms with Gasteiger partial charge >= 0.3 is 0 Å². The summed E-state index contributed by atoms with van der Waals surface area (Å²) >= 11 is 0. The van der Waals surface area contributed by atoms with Crippen molar-refractivity contribution in [3.8, 4) is 17.2 Å². The maximum atomic E-state index is 14.5.